The quantitative estimate of drug-likeness (QED) is 0.775. The number of primary sulfonamides is 1. The van der Waals surface area contributed by atoms with Gasteiger partial charge in [-0.2, -0.15) is 4.31 Å². The molecule has 0 bridgehead atoms. The maximum absolute atomic E-state index is 12.6. The van der Waals surface area contributed by atoms with Crippen LogP contribution in [0.15, 0.2) is 14.5 Å². The summed E-state index contributed by atoms with van der Waals surface area (Å²) in [6.45, 7) is 5.37. The van der Waals surface area contributed by atoms with Crippen molar-refractivity contribution in [1.82, 2.24) is 9.62 Å². The highest BCUT2D eigenvalue weighted by atomic mass is 32.3. The molecule has 0 aromatic carbocycles. The molecular formula is C12H21N3O4S3. The standard InChI is InChI=1S/C12H21N3O4S3/c1-3-5-14-10-8-15(6-4-2)22(18,19)12-9(10)7-11(20-12)21(13,16)17/h7,10,14H,3-6,8H2,1-2H3,(H2,13,16,17). The van der Waals surface area contributed by atoms with E-state index in [-0.39, 0.29) is 14.5 Å². The molecule has 0 radical (unpaired) electrons. The van der Waals surface area contributed by atoms with E-state index in [1.54, 1.807) is 0 Å². The Morgan fingerprint density at radius 3 is 2.64 bits per heavy atom. The maximum atomic E-state index is 12.6. The first-order valence-corrected chi connectivity index (χ1v) is 10.9. The normalized spacial score (nSPS) is 21.7. The second-order valence-electron chi connectivity index (χ2n) is 5.22. The van der Waals surface area contributed by atoms with Crippen LogP contribution in [-0.2, 0) is 20.0 Å². The lowest BCUT2D eigenvalue weighted by molar-refractivity contribution is 0.341. The number of fused-ring (bicyclic) bond motifs is 1. The first kappa shape index (κ1) is 17.8. The molecule has 10 heteroatoms. The molecule has 1 unspecified atom stereocenters. The maximum Gasteiger partial charge on any atom is 0.252 e. The van der Waals surface area contributed by atoms with E-state index in [1.807, 2.05) is 13.8 Å². The van der Waals surface area contributed by atoms with Gasteiger partial charge in [0.1, 0.15) is 8.42 Å². The van der Waals surface area contributed by atoms with E-state index < -0.39 is 20.0 Å². The van der Waals surface area contributed by atoms with E-state index in [1.165, 1.54) is 10.4 Å². The molecular weight excluding hydrogens is 346 g/mol. The second-order valence-corrected chi connectivity index (χ2v) is 10.2. The van der Waals surface area contributed by atoms with E-state index in [4.69, 9.17) is 5.14 Å². The summed E-state index contributed by atoms with van der Waals surface area (Å²) >= 11 is 0.733. The second kappa shape index (κ2) is 6.54. The molecule has 0 spiro atoms. The zero-order valence-corrected chi connectivity index (χ0v) is 15.0. The van der Waals surface area contributed by atoms with Gasteiger partial charge < -0.3 is 5.32 Å². The minimum atomic E-state index is -3.91. The van der Waals surface area contributed by atoms with Crippen LogP contribution in [0.4, 0.5) is 0 Å². The largest absolute Gasteiger partial charge is 0.309 e. The fourth-order valence-corrected chi connectivity index (χ4v) is 6.78. The summed E-state index contributed by atoms with van der Waals surface area (Å²) in [4.78, 5) is 0. The van der Waals surface area contributed by atoms with E-state index in [2.05, 4.69) is 5.32 Å². The zero-order chi connectivity index (χ0) is 16.5. The van der Waals surface area contributed by atoms with E-state index in [9.17, 15) is 16.8 Å². The van der Waals surface area contributed by atoms with Gasteiger partial charge in [-0.05, 0) is 25.5 Å². The summed E-state index contributed by atoms with van der Waals surface area (Å²) in [5.74, 6) is 0. The van der Waals surface area contributed by atoms with Crippen LogP contribution in [0.2, 0.25) is 0 Å². The molecule has 2 rings (SSSR count). The number of hydrogen-bond acceptors (Lipinski definition) is 6. The van der Waals surface area contributed by atoms with Crippen LogP contribution in [0.1, 0.15) is 38.3 Å². The highest BCUT2D eigenvalue weighted by Gasteiger charge is 2.39. The van der Waals surface area contributed by atoms with Crippen LogP contribution in [0.25, 0.3) is 0 Å². The topological polar surface area (TPSA) is 110 Å². The third kappa shape index (κ3) is 3.36. The minimum absolute atomic E-state index is 0.0878. The van der Waals surface area contributed by atoms with Crippen LogP contribution in [-0.4, -0.2) is 40.8 Å². The molecule has 0 aliphatic carbocycles. The van der Waals surface area contributed by atoms with Crippen LogP contribution in [0, 0.1) is 0 Å². The molecule has 7 nitrogen and oxygen atoms in total. The Kier molecular flexibility index (Phi) is 5.30. The minimum Gasteiger partial charge on any atom is -0.309 e. The monoisotopic (exact) mass is 367 g/mol. The highest BCUT2D eigenvalue weighted by Crippen LogP contribution is 2.39. The van der Waals surface area contributed by atoms with Crippen molar-refractivity contribution in [2.45, 2.75) is 41.1 Å². The van der Waals surface area contributed by atoms with Gasteiger partial charge in [0.15, 0.2) is 0 Å². The Morgan fingerprint density at radius 2 is 2.09 bits per heavy atom. The summed E-state index contributed by atoms with van der Waals surface area (Å²) in [7, 11) is -7.56. The third-order valence-electron chi connectivity index (χ3n) is 3.43. The van der Waals surface area contributed by atoms with Gasteiger partial charge in [-0.1, -0.05) is 13.8 Å². The molecule has 1 atom stereocenters. The van der Waals surface area contributed by atoms with Crippen molar-refractivity contribution < 1.29 is 16.8 Å². The molecule has 0 saturated heterocycles. The van der Waals surface area contributed by atoms with Gasteiger partial charge in [-0.3, -0.25) is 0 Å². The molecule has 0 saturated carbocycles. The molecule has 1 aliphatic rings. The van der Waals surface area contributed by atoms with Gasteiger partial charge in [0, 0.05) is 24.7 Å². The average molecular weight is 368 g/mol. The van der Waals surface area contributed by atoms with Crippen molar-refractivity contribution in [2.75, 3.05) is 19.6 Å². The molecule has 0 fully saturated rings. The zero-order valence-electron chi connectivity index (χ0n) is 12.6. The lowest BCUT2D eigenvalue weighted by atomic mass is 10.1. The first-order chi connectivity index (χ1) is 10.2. The Bertz CT molecular complexity index is 740. The fourth-order valence-electron chi connectivity index (χ4n) is 2.42. The van der Waals surface area contributed by atoms with Crippen molar-refractivity contribution in [1.29, 1.82) is 0 Å². The predicted molar refractivity (Wildman–Crippen MR) is 85.8 cm³/mol. The molecule has 22 heavy (non-hydrogen) atoms. The third-order valence-corrected chi connectivity index (χ3v) is 8.40. The Labute approximate surface area is 135 Å². The van der Waals surface area contributed by atoms with Crippen molar-refractivity contribution in [3.8, 4) is 0 Å². The van der Waals surface area contributed by atoms with Crippen molar-refractivity contribution in [3.05, 3.63) is 11.6 Å². The summed E-state index contributed by atoms with van der Waals surface area (Å²) in [6.07, 6.45) is 1.60. The SMILES string of the molecule is CCCNC1CN(CCC)S(=O)(=O)c2sc(S(N)(=O)=O)cc21. The van der Waals surface area contributed by atoms with Gasteiger partial charge in [0.25, 0.3) is 10.0 Å². The van der Waals surface area contributed by atoms with Crippen LogP contribution in [0.5, 0.6) is 0 Å². The van der Waals surface area contributed by atoms with Crippen LogP contribution >= 0.6 is 11.3 Å². The molecule has 126 valence electrons. The van der Waals surface area contributed by atoms with Crippen molar-refractivity contribution >= 4 is 31.4 Å². The smallest absolute Gasteiger partial charge is 0.252 e. The van der Waals surface area contributed by atoms with E-state index >= 15 is 0 Å². The molecule has 2 heterocycles. The molecule has 1 aromatic heterocycles. The lowest BCUT2D eigenvalue weighted by Crippen LogP contribution is -2.43. The fraction of sp³-hybridized carbons (Fsp3) is 0.667. The Balaban J connectivity index is 2.54. The molecule has 1 aliphatic heterocycles. The number of nitrogens with one attached hydrogen (secondary N) is 1. The number of hydrogen-bond donors (Lipinski definition) is 2. The summed E-state index contributed by atoms with van der Waals surface area (Å²) in [6, 6.07) is 1.18. The van der Waals surface area contributed by atoms with Gasteiger partial charge in [-0.25, -0.2) is 22.0 Å². The Morgan fingerprint density at radius 1 is 1.41 bits per heavy atom. The molecule has 1 aromatic rings. The van der Waals surface area contributed by atoms with Crippen LogP contribution < -0.4 is 10.5 Å². The lowest BCUT2D eigenvalue weighted by Gasteiger charge is -2.32. The molecule has 0 amide bonds. The van der Waals surface area contributed by atoms with Gasteiger partial charge in [-0.15, -0.1) is 11.3 Å². The van der Waals surface area contributed by atoms with Gasteiger partial charge in [0.2, 0.25) is 10.0 Å². The predicted octanol–water partition coefficient (Wildman–Crippen LogP) is 0.851. The molecule has 3 N–H and O–H groups in total. The number of nitrogens with two attached hydrogens (primary N) is 1. The van der Waals surface area contributed by atoms with E-state index in [0.717, 1.165) is 24.3 Å². The van der Waals surface area contributed by atoms with Gasteiger partial charge >= 0.3 is 0 Å². The Hall–Kier alpha value is -0.520. The number of nitrogens with zero attached hydrogens (tertiary/aromatic N) is 1. The number of rotatable bonds is 6. The average Bonchev–Trinajstić information content (AvgIpc) is 2.87. The highest BCUT2D eigenvalue weighted by molar-refractivity contribution is 7.94. The number of thiophene rings is 1. The number of sulfonamides is 2. The summed E-state index contributed by atoms with van der Waals surface area (Å²) in [5.41, 5.74) is 0.509. The van der Waals surface area contributed by atoms with E-state index in [0.29, 0.717) is 25.1 Å². The van der Waals surface area contributed by atoms with Crippen LogP contribution in [0.3, 0.4) is 0 Å². The van der Waals surface area contributed by atoms with Crippen molar-refractivity contribution in [2.24, 2.45) is 5.14 Å². The van der Waals surface area contributed by atoms with Crippen molar-refractivity contribution in [3.63, 3.8) is 0 Å². The van der Waals surface area contributed by atoms with Gasteiger partial charge in [0.05, 0.1) is 0 Å². The summed E-state index contributed by atoms with van der Waals surface area (Å²) < 4.78 is 49.7. The summed E-state index contributed by atoms with van der Waals surface area (Å²) in [5, 5.41) is 8.43. The first-order valence-electron chi connectivity index (χ1n) is 7.11.